The first kappa shape index (κ1) is 24.7. The van der Waals surface area contributed by atoms with Gasteiger partial charge in [-0.25, -0.2) is 0 Å². The summed E-state index contributed by atoms with van der Waals surface area (Å²) in [7, 11) is 0. The molecular formula is C17H36O8. The Hall–Kier alpha value is -0.320. The van der Waals surface area contributed by atoms with E-state index in [2.05, 4.69) is 0 Å². The van der Waals surface area contributed by atoms with Crippen LogP contribution >= 0.6 is 0 Å². The van der Waals surface area contributed by atoms with Crippen molar-refractivity contribution < 1.29 is 37.9 Å². The molecule has 8 nitrogen and oxygen atoms in total. The normalized spacial score (nSPS) is 12.0. The average Bonchev–Trinajstić information content (AvgIpc) is 2.63. The van der Waals surface area contributed by atoms with Crippen LogP contribution in [0.1, 0.15) is 27.7 Å². The third-order valence-electron chi connectivity index (χ3n) is 3.12. The van der Waals surface area contributed by atoms with Crippen LogP contribution in [0.2, 0.25) is 0 Å². The summed E-state index contributed by atoms with van der Waals surface area (Å²) in [6.45, 7) is 12.3. The second-order valence-corrected chi connectivity index (χ2v) is 5.34. The summed E-state index contributed by atoms with van der Waals surface area (Å²) >= 11 is 0. The zero-order chi connectivity index (χ0) is 18.6. The average molecular weight is 368 g/mol. The highest BCUT2D eigenvalue weighted by atomic mass is 16.7. The van der Waals surface area contributed by atoms with Crippen LogP contribution in [-0.2, 0) is 37.9 Å². The molecule has 0 bridgehead atoms. The molecule has 0 fully saturated rings. The first-order valence-electron chi connectivity index (χ1n) is 8.86. The van der Waals surface area contributed by atoms with E-state index < -0.39 is 5.41 Å². The third kappa shape index (κ3) is 14.5. The second kappa shape index (κ2) is 18.5. The molecule has 152 valence electrons. The van der Waals surface area contributed by atoms with Crippen molar-refractivity contribution in [2.75, 3.05) is 80.0 Å². The van der Waals surface area contributed by atoms with Crippen LogP contribution in [0.25, 0.3) is 0 Å². The van der Waals surface area contributed by atoms with Gasteiger partial charge in [0.15, 0.2) is 0 Å². The summed E-state index contributed by atoms with van der Waals surface area (Å²) in [5.41, 5.74) is -0.512. The molecule has 0 aromatic heterocycles. The lowest BCUT2D eigenvalue weighted by Crippen LogP contribution is -2.42. The third-order valence-corrected chi connectivity index (χ3v) is 3.12. The van der Waals surface area contributed by atoms with E-state index in [4.69, 9.17) is 37.9 Å². The molecular weight excluding hydrogens is 332 g/mol. The van der Waals surface area contributed by atoms with Gasteiger partial charge in [-0.15, -0.1) is 0 Å². The van der Waals surface area contributed by atoms with Crippen LogP contribution < -0.4 is 0 Å². The highest BCUT2D eigenvalue weighted by Crippen LogP contribution is 2.21. The molecule has 0 rings (SSSR count). The van der Waals surface area contributed by atoms with Gasteiger partial charge in [-0.05, 0) is 27.7 Å². The largest absolute Gasteiger partial charge is 0.356 e. The molecule has 0 aromatic carbocycles. The summed E-state index contributed by atoms with van der Waals surface area (Å²) < 4.78 is 43.5. The lowest BCUT2D eigenvalue weighted by Gasteiger charge is -2.32. The van der Waals surface area contributed by atoms with Gasteiger partial charge in [0.1, 0.15) is 27.2 Å². The zero-order valence-electron chi connectivity index (χ0n) is 16.3. The molecule has 0 aliphatic heterocycles. The van der Waals surface area contributed by atoms with E-state index >= 15 is 0 Å². The molecule has 0 saturated carbocycles. The van der Waals surface area contributed by atoms with E-state index in [1.807, 2.05) is 27.7 Å². The molecule has 0 radical (unpaired) electrons. The summed E-state index contributed by atoms with van der Waals surface area (Å²) in [4.78, 5) is 0. The highest BCUT2D eigenvalue weighted by Gasteiger charge is 2.33. The van der Waals surface area contributed by atoms with Crippen molar-refractivity contribution in [2.45, 2.75) is 27.7 Å². The van der Waals surface area contributed by atoms with E-state index in [9.17, 15) is 0 Å². The van der Waals surface area contributed by atoms with Crippen LogP contribution in [0, 0.1) is 5.41 Å². The fraction of sp³-hybridized carbons (Fsp3) is 1.00. The maximum atomic E-state index is 5.63. The van der Waals surface area contributed by atoms with Gasteiger partial charge in [0.2, 0.25) is 0 Å². The molecule has 0 spiro atoms. The fourth-order valence-electron chi connectivity index (χ4n) is 1.85. The zero-order valence-corrected chi connectivity index (χ0v) is 16.3. The molecule has 0 aliphatic rings. The number of hydrogen-bond acceptors (Lipinski definition) is 8. The molecule has 8 heteroatoms. The predicted octanol–water partition coefficient (Wildman–Crippen LogP) is 2.02. The number of rotatable bonds is 20. The molecule has 25 heavy (non-hydrogen) atoms. The standard InChI is InChI=1S/C17H36O8/c1-5-18-13-22-9-17(10-23-14-19-6-2,11-24-15-20-7-3)12-25-16-21-8-4/h5-16H2,1-4H3. The Morgan fingerprint density at radius 2 is 0.640 bits per heavy atom. The number of ether oxygens (including phenoxy) is 8. The highest BCUT2D eigenvalue weighted by molar-refractivity contribution is 4.79. The van der Waals surface area contributed by atoms with Crippen LogP contribution in [-0.4, -0.2) is 80.0 Å². The first-order valence-corrected chi connectivity index (χ1v) is 8.86. The van der Waals surface area contributed by atoms with Crippen LogP contribution in [0.3, 0.4) is 0 Å². The Bertz CT molecular complexity index is 212. The van der Waals surface area contributed by atoms with Crippen molar-refractivity contribution in [3.63, 3.8) is 0 Å². The van der Waals surface area contributed by atoms with Crippen molar-refractivity contribution >= 4 is 0 Å². The van der Waals surface area contributed by atoms with Crippen LogP contribution in [0.15, 0.2) is 0 Å². The van der Waals surface area contributed by atoms with E-state index in [1.54, 1.807) is 0 Å². The Morgan fingerprint density at radius 1 is 0.400 bits per heavy atom. The topological polar surface area (TPSA) is 73.8 Å². The molecule has 0 heterocycles. The van der Waals surface area contributed by atoms with Gasteiger partial charge in [-0.3, -0.25) is 0 Å². The summed E-state index contributed by atoms with van der Waals surface area (Å²) in [5.74, 6) is 0. The van der Waals surface area contributed by atoms with E-state index in [0.29, 0.717) is 52.9 Å². The summed E-state index contributed by atoms with van der Waals surface area (Å²) in [5, 5.41) is 0. The van der Waals surface area contributed by atoms with Gasteiger partial charge in [-0.1, -0.05) is 0 Å². The quantitative estimate of drug-likeness (QED) is 0.239. The lowest BCUT2D eigenvalue weighted by atomic mass is 9.92. The van der Waals surface area contributed by atoms with Crippen molar-refractivity contribution in [3.8, 4) is 0 Å². The van der Waals surface area contributed by atoms with Crippen LogP contribution in [0.4, 0.5) is 0 Å². The van der Waals surface area contributed by atoms with E-state index in [0.717, 1.165) is 0 Å². The Morgan fingerprint density at radius 3 is 0.840 bits per heavy atom. The molecule has 0 aliphatic carbocycles. The Kier molecular flexibility index (Phi) is 18.2. The van der Waals surface area contributed by atoms with Gasteiger partial charge in [0, 0.05) is 26.4 Å². The summed E-state index contributed by atoms with van der Waals surface area (Å²) in [6.07, 6.45) is 0. The lowest BCUT2D eigenvalue weighted by molar-refractivity contribution is -0.181. The van der Waals surface area contributed by atoms with E-state index in [-0.39, 0.29) is 27.2 Å². The van der Waals surface area contributed by atoms with Crippen molar-refractivity contribution in [2.24, 2.45) is 5.41 Å². The fourth-order valence-corrected chi connectivity index (χ4v) is 1.85. The molecule has 0 unspecified atom stereocenters. The van der Waals surface area contributed by atoms with Gasteiger partial charge in [0.25, 0.3) is 0 Å². The maximum absolute atomic E-state index is 5.63. The first-order chi connectivity index (χ1) is 12.2. The molecule has 0 N–H and O–H groups in total. The predicted molar refractivity (Wildman–Crippen MR) is 92.2 cm³/mol. The van der Waals surface area contributed by atoms with Gasteiger partial charge < -0.3 is 37.9 Å². The van der Waals surface area contributed by atoms with Gasteiger partial charge in [0.05, 0.1) is 31.8 Å². The SMILES string of the molecule is CCOCOCC(COCOCC)(COCOCC)COCOCC. The molecule has 0 aromatic rings. The maximum Gasteiger partial charge on any atom is 0.146 e. The van der Waals surface area contributed by atoms with Crippen LogP contribution in [0.5, 0.6) is 0 Å². The smallest absolute Gasteiger partial charge is 0.146 e. The Balaban J connectivity index is 4.62. The Labute approximate surface area is 151 Å². The second-order valence-electron chi connectivity index (χ2n) is 5.34. The monoisotopic (exact) mass is 368 g/mol. The van der Waals surface area contributed by atoms with Crippen molar-refractivity contribution in [1.29, 1.82) is 0 Å². The molecule has 0 saturated heterocycles. The van der Waals surface area contributed by atoms with Crippen molar-refractivity contribution in [3.05, 3.63) is 0 Å². The molecule has 0 amide bonds. The molecule has 0 atom stereocenters. The minimum absolute atomic E-state index is 0.209. The minimum atomic E-state index is -0.512. The van der Waals surface area contributed by atoms with E-state index in [1.165, 1.54) is 0 Å². The minimum Gasteiger partial charge on any atom is -0.356 e. The number of hydrogen-bond donors (Lipinski definition) is 0. The van der Waals surface area contributed by atoms with Crippen molar-refractivity contribution in [1.82, 2.24) is 0 Å². The summed E-state index contributed by atoms with van der Waals surface area (Å²) in [6, 6.07) is 0. The van der Waals surface area contributed by atoms with Gasteiger partial charge in [-0.2, -0.15) is 0 Å². The van der Waals surface area contributed by atoms with Gasteiger partial charge >= 0.3 is 0 Å².